The van der Waals surface area contributed by atoms with E-state index in [1.54, 1.807) is 18.2 Å². The zero-order chi connectivity index (χ0) is 13.0. The van der Waals surface area contributed by atoms with Crippen molar-refractivity contribution in [2.45, 2.75) is 12.5 Å². The van der Waals surface area contributed by atoms with Gasteiger partial charge in [0.15, 0.2) is 0 Å². The maximum atomic E-state index is 11.7. The molecule has 2 amide bonds. The summed E-state index contributed by atoms with van der Waals surface area (Å²) in [5, 5.41) is 14.3. The molecule has 0 aliphatic carbocycles. The van der Waals surface area contributed by atoms with E-state index in [4.69, 9.17) is 10.00 Å². The Morgan fingerprint density at radius 1 is 1.56 bits per heavy atom. The van der Waals surface area contributed by atoms with Gasteiger partial charge in [0, 0.05) is 11.1 Å². The Bertz CT molecular complexity index is 493. The molecule has 1 aliphatic heterocycles. The second kappa shape index (κ2) is 5.85. The third-order valence-corrected chi connectivity index (χ3v) is 3.27. The van der Waals surface area contributed by atoms with Gasteiger partial charge < -0.3 is 15.4 Å². The Morgan fingerprint density at radius 2 is 2.39 bits per heavy atom. The van der Waals surface area contributed by atoms with Gasteiger partial charge in [-0.25, -0.2) is 4.79 Å². The minimum Gasteiger partial charge on any atom is -0.379 e. The van der Waals surface area contributed by atoms with Gasteiger partial charge in [-0.05, 0) is 40.5 Å². The summed E-state index contributed by atoms with van der Waals surface area (Å²) in [5.41, 5.74) is 1.17. The normalized spacial score (nSPS) is 18.1. The maximum absolute atomic E-state index is 11.7. The largest absolute Gasteiger partial charge is 0.379 e. The fourth-order valence-corrected chi connectivity index (χ4v) is 2.16. The molecule has 1 heterocycles. The van der Waals surface area contributed by atoms with Crippen LogP contribution in [0.25, 0.3) is 0 Å². The van der Waals surface area contributed by atoms with Gasteiger partial charge in [0.1, 0.15) is 0 Å². The number of hydrogen-bond acceptors (Lipinski definition) is 3. The van der Waals surface area contributed by atoms with Gasteiger partial charge >= 0.3 is 6.03 Å². The number of hydrogen-bond donors (Lipinski definition) is 2. The van der Waals surface area contributed by atoms with E-state index in [-0.39, 0.29) is 12.1 Å². The van der Waals surface area contributed by atoms with Crippen molar-refractivity contribution < 1.29 is 9.53 Å². The molecule has 5 nitrogen and oxygen atoms in total. The van der Waals surface area contributed by atoms with Crippen molar-refractivity contribution in [3.8, 4) is 6.07 Å². The molecule has 2 N–H and O–H groups in total. The van der Waals surface area contributed by atoms with E-state index in [0.29, 0.717) is 28.9 Å². The molecule has 18 heavy (non-hydrogen) atoms. The number of ether oxygens (including phenoxy) is 1. The highest BCUT2D eigenvalue weighted by molar-refractivity contribution is 9.10. The number of rotatable bonds is 2. The number of nitrogens with zero attached hydrogens (tertiary/aromatic N) is 1. The zero-order valence-corrected chi connectivity index (χ0v) is 11.2. The van der Waals surface area contributed by atoms with E-state index in [0.717, 1.165) is 6.42 Å². The van der Waals surface area contributed by atoms with Gasteiger partial charge in [0.25, 0.3) is 0 Å². The molecule has 94 valence electrons. The van der Waals surface area contributed by atoms with Crippen LogP contribution in [0.4, 0.5) is 10.5 Å². The minimum absolute atomic E-state index is 0.0714. The number of nitriles is 1. The summed E-state index contributed by atoms with van der Waals surface area (Å²) in [5.74, 6) is 0. The maximum Gasteiger partial charge on any atom is 0.319 e. The van der Waals surface area contributed by atoms with Crippen LogP contribution in [0.2, 0.25) is 0 Å². The number of carbonyl (C=O) groups is 1. The van der Waals surface area contributed by atoms with E-state index < -0.39 is 0 Å². The summed E-state index contributed by atoms with van der Waals surface area (Å²) >= 11 is 3.31. The smallest absolute Gasteiger partial charge is 0.319 e. The van der Waals surface area contributed by atoms with Crippen molar-refractivity contribution in [2.24, 2.45) is 0 Å². The van der Waals surface area contributed by atoms with Crippen LogP contribution in [-0.2, 0) is 4.74 Å². The molecule has 1 aliphatic rings. The van der Waals surface area contributed by atoms with Crippen molar-refractivity contribution in [2.75, 3.05) is 18.5 Å². The fraction of sp³-hybridized carbons (Fsp3) is 0.333. The van der Waals surface area contributed by atoms with Gasteiger partial charge in [-0.15, -0.1) is 0 Å². The summed E-state index contributed by atoms with van der Waals surface area (Å²) < 4.78 is 5.85. The predicted octanol–water partition coefficient (Wildman–Crippen LogP) is 2.23. The van der Waals surface area contributed by atoms with Gasteiger partial charge in [-0.2, -0.15) is 5.26 Å². The number of benzene rings is 1. The Morgan fingerprint density at radius 3 is 3.00 bits per heavy atom. The molecule has 1 fully saturated rings. The molecular formula is C12H12BrN3O2. The van der Waals surface area contributed by atoms with E-state index in [1.165, 1.54) is 0 Å². The third-order valence-electron chi connectivity index (χ3n) is 2.61. The van der Waals surface area contributed by atoms with Crippen LogP contribution >= 0.6 is 15.9 Å². The Balaban J connectivity index is 1.96. The first-order valence-electron chi connectivity index (χ1n) is 5.54. The average molecular weight is 310 g/mol. The molecular weight excluding hydrogens is 298 g/mol. The summed E-state index contributed by atoms with van der Waals surface area (Å²) in [6.07, 6.45) is 0.835. The van der Waals surface area contributed by atoms with Crippen LogP contribution in [0.5, 0.6) is 0 Å². The predicted molar refractivity (Wildman–Crippen MR) is 70.2 cm³/mol. The van der Waals surface area contributed by atoms with Crippen molar-refractivity contribution >= 4 is 27.6 Å². The number of anilines is 1. The summed E-state index contributed by atoms with van der Waals surface area (Å²) in [6, 6.07) is 6.84. The SMILES string of the molecule is N#Cc1ccc(NC(=O)NC2CCOC2)c(Br)c1. The van der Waals surface area contributed by atoms with Crippen LogP contribution in [0.3, 0.4) is 0 Å². The van der Waals surface area contributed by atoms with Gasteiger partial charge in [0.05, 0.1) is 30.0 Å². The van der Waals surface area contributed by atoms with Gasteiger partial charge in [-0.1, -0.05) is 0 Å². The lowest BCUT2D eigenvalue weighted by atomic mass is 10.2. The van der Waals surface area contributed by atoms with Crippen molar-refractivity contribution in [3.63, 3.8) is 0 Å². The molecule has 0 radical (unpaired) electrons. The lowest BCUT2D eigenvalue weighted by Gasteiger charge is -2.12. The lowest BCUT2D eigenvalue weighted by Crippen LogP contribution is -2.38. The van der Waals surface area contributed by atoms with Crippen molar-refractivity contribution in [3.05, 3.63) is 28.2 Å². The topological polar surface area (TPSA) is 74.2 Å². The lowest BCUT2D eigenvalue weighted by molar-refractivity contribution is 0.189. The Hall–Kier alpha value is -1.58. The molecule has 1 aromatic carbocycles. The molecule has 1 atom stereocenters. The highest BCUT2D eigenvalue weighted by Gasteiger charge is 2.17. The minimum atomic E-state index is -0.268. The molecule has 0 saturated carbocycles. The van der Waals surface area contributed by atoms with Crippen LogP contribution in [0.15, 0.2) is 22.7 Å². The first-order chi connectivity index (χ1) is 8.69. The third kappa shape index (κ3) is 3.22. The van der Waals surface area contributed by atoms with Crippen molar-refractivity contribution in [1.82, 2.24) is 5.32 Å². The number of amides is 2. The Labute approximate surface area is 113 Å². The second-order valence-electron chi connectivity index (χ2n) is 3.97. The summed E-state index contributed by atoms with van der Waals surface area (Å²) in [6.45, 7) is 1.24. The second-order valence-corrected chi connectivity index (χ2v) is 4.82. The van der Waals surface area contributed by atoms with E-state index in [1.807, 2.05) is 6.07 Å². The molecule has 1 saturated heterocycles. The molecule has 0 spiro atoms. The monoisotopic (exact) mass is 309 g/mol. The first-order valence-corrected chi connectivity index (χ1v) is 6.33. The molecule has 2 rings (SSSR count). The van der Waals surface area contributed by atoms with Gasteiger partial charge in [0.2, 0.25) is 0 Å². The van der Waals surface area contributed by atoms with Crippen LogP contribution < -0.4 is 10.6 Å². The summed E-state index contributed by atoms with van der Waals surface area (Å²) in [4.78, 5) is 11.7. The van der Waals surface area contributed by atoms with Crippen LogP contribution in [0, 0.1) is 11.3 Å². The fourth-order valence-electron chi connectivity index (χ4n) is 1.68. The molecule has 0 aromatic heterocycles. The van der Waals surface area contributed by atoms with E-state index in [9.17, 15) is 4.79 Å². The van der Waals surface area contributed by atoms with E-state index in [2.05, 4.69) is 26.6 Å². The molecule has 1 unspecified atom stereocenters. The first kappa shape index (κ1) is 12.9. The molecule has 0 bridgehead atoms. The number of nitrogens with one attached hydrogen (secondary N) is 2. The number of halogens is 1. The average Bonchev–Trinajstić information content (AvgIpc) is 2.84. The highest BCUT2D eigenvalue weighted by Crippen LogP contribution is 2.23. The van der Waals surface area contributed by atoms with Crippen LogP contribution in [0.1, 0.15) is 12.0 Å². The molecule has 6 heteroatoms. The van der Waals surface area contributed by atoms with Crippen LogP contribution in [-0.4, -0.2) is 25.3 Å². The number of urea groups is 1. The highest BCUT2D eigenvalue weighted by atomic mass is 79.9. The number of carbonyl (C=O) groups excluding carboxylic acids is 1. The van der Waals surface area contributed by atoms with E-state index >= 15 is 0 Å². The summed E-state index contributed by atoms with van der Waals surface area (Å²) in [7, 11) is 0. The standard InChI is InChI=1S/C12H12BrN3O2/c13-10-5-8(6-14)1-2-11(10)16-12(17)15-9-3-4-18-7-9/h1-2,5,9H,3-4,7H2,(H2,15,16,17). The zero-order valence-electron chi connectivity index (χ0n) is 9.57. The molecule has 1 aromatic rings. The van der Waals surface area contributed by atoms with Gasteiger partial charge in [-0.3, -0.25) is 0 Å². The Kier molecular flexibility index (Phi) is 4.18. The quantitative estimate of drug-likeness (QED) is 0.879. The van der Waals surface area contributed by atoms with Crippen molar-refractivity contribution in [1.29, 1.82) is 5.26 Å².